The first-order valence-electron chi connectivity index (χ1n) is 6.06. The third-order valence-electron chi connectivity index (χ3n) is 2.64. The van der Waals surface area contributed by atoms with Gasteiger partial charge >= 0.3 is 0 Å². The van der Waals surface area contributed by atoms with E-state index in [9.17, 15) is 0 Å². The molecule has 0 atom stereocenters. The van der Waals surface area contributed by atoms with Gasteiger partial charge in [0.15, 0.2) is 5.11 Å². The predicted molar refractivity (Wildman–Crippen MR) is 89.6 cm³/mol. The lowest BCUT2D eigenvalue weighted by atomic mass is 10.1. The predicted octanol–water partition coefficient (Wildman–Crippen LogP) is 3.97. The first-order chi connectivity index (χ1) is 9.65. The second kappa shape index (κ2) is 7.03. The zero-order valence-electron chi connectivity index (χ0n) is 10.9. The zero-order valence-corrected chi connectivity index (χ0v) is 12.5. The molecule has 0 amide bonds. The number of rotatable bonds is 3. The van der Waals surface area contributed by atoms with Crippen LogP contribution in [-0.4, -0.2) is 11.3 Å². The van der Waals surface area contributed by atoms with Crippen molar-refractivity contribution in [1.29, 1.82) is 0 Å². The Morgan fingerprint density at radius 1 is 1.20 bits per heavy atom. The van der Waals surface area contributed by atoms with Gasteiger partial charge in [-0.2, -0.15) is 5.10 Å². The van der Waals surface area contributed by atoms with Crippen LogP contribution in [0, 0.1) is 6.92 Å². The average molecular weight is 304 g/mol. The van der Waals surface area contributed by atoms with Gasteiger partial charge in [-0.1, -0.05) is 41.9 Å². The molecule has 0 aromatic heterocycles. The van der Waals surface area contributed by atoms with Crippen molar-refractivity contribution in [1.82, 2.24) is 5.43 Å². The highest BCUT2D eigenvalue weighted by Gasteiger charge is 1.97. The third-order valence-corrected chi connectivity index (χ3v) is 3.07. The van der Waals surface area contributed by atoms with Crippen LogP contribution in [0.1, 0.15) is 11.1 Å². The summed E-state index contributed by atoms with van der Waals surface area (Å²) < 4.78 is 0. The Hall–Kier alpha value is -1.91. The lowest BCUT2D eigenvalue weighted by Crippen LogP contribution is -2.23. The first-order valence-corrected chi connectivity index (χ1v) is 6.85. The van der Waals surface area contributed by atoms with Gasteiger partial charge in [0.05, 0.1) is 6.21 Å². The van der Waals surface area contributed by atoms with Crippen molar-refractivity contribution < 1.29 is 0 Å². The lowest BCUT2D eigenvalue weighted by molar-refractivity contribution is 1.05. The van der Waals surface area contributed by atoms with E-state index in [1.54, 1.807) is 18.3 Å². The maximum Gasteiger partial charge on any atom is 0.191 e. The van der Waals surface area contributed by atoms with E-state index in [1.807, 2.05) is 43.3 Å². The van der Waals surface area contributed by atoms with E-state index in [4.69, 9.17) is 23.8 Å². The fraction of sp³-hybridized carbons (Fsp3) is 0.0667. The summed E-state index contributed by atoms with van der Waals surface area (Å²) in [5, 5.41) is 8.18. The number of nitrogens with zero attached hydrogens (tertiary/aromatic N) is 1. The molecule has 2 N–H and O–H groups in total. The van der Waals surface area contributed by atoms with Gasteiger partial charge in [0, 0.05) is 10.7 Å². The average Bonchev–Trinajstić information content (AvgIpc) is 2.41. The van der Waals surface area contributed by atoms with Crippen molar-refractivity contribution in [2.24, 2.45) is 5.10 Å². The maximum absolute atomic E-state index is 5.90. The fourth-order valence-electron chi connectivity index (χ4n) is 1.62. The van der Waals surface area contributed by atoms with Crippen LogP contribution in [0.5, 0.6) is 0 Å². The highest BCUT2D eigenvalue weighted by Crippen LogP contribution is 2.14. The van der Waals surface area contributed by atoms with Crippen LogP contribution < -0.4 is 10.7 Å². The van der Waals surface area contributed by atoms with Crippen molar-refractivity contribution in [3.63, 3.8) is 0 Å². The van der Waals surface area contributed by atoms with E-state index >= 15 is 0 Å². The molecule has 0 spiro atoms. The van der Waals surface area contributed by atoms with Gasteiger partial charge in [0.2, 0.25) is 0 Å². The molecule has 0 fully saturated rings. The molecule has 0 aliphatic heterocycles. The minimum atomic E-state index is 0.414. The van der Waals surface area contributed by atoms with Gasteiger partial charge in [0.25, 0.3) is 0 Å². The van der Waals surface area contributed by atoms with Crippen LogP contribution in [0.4, 0.5) is 5.69 Å². The standard InChI is InChI=1S/C15H14ClN3S/c1-11-5-2-3-6-12(11)10-17-19-15(20)18-14-8-4-7-13(16)9-14/h2-10H,1H3,(H2,18,19,20)/b17-10+. The molecule has 0 aliphatic rings. The zero-order chi connectivity index (χ0) is 14.4. The number of hydrogen-bond acceptors (Lipinski definition) is 2. The summed E-state index contributed by atoms with van der Waals surface area (Å²) in [5.41, 5.74) is 5.80. The molecule has 0 heterocycles. The number of anilines is 1. The Morgan fingerprint density at radius 3 is 2.75 bits per heavy atom. The molecule has 2 aromatic rings. The van der Waals surface area contributed by atoms with Gasteiger partial charge in [-0.25, -0.2) is 0 Å². The fourth-order valence-corrected chi connectivity index (χ4v) is 1.98. The van der Waals surface area contributed by atoms with Gasteiger partial charge in [-0.05, 0) is 48.5 Å². The molecule has 102 valence electrons. The third kappa shape index (κ3) is 4.33. The van der Waals surface area contributed by atoms with Gasteiger partial charge in [0.1, 0.15) is 0 Å². The minimum absolute atomic E-state index is 0.414. The smallest absolute Gasteiger partial charge is 0.191 e. The topological polar surface area (TPSA) is 36.4 Å². The van der Waals surface area contributed by atoms with E-state index in [0.717, 1.165) is 16.8 Å². The van der Waals surface area contributed by atoms with Crippen molar-refractivity contribution >= 4 is 40.8 Å². The highest BCUT2D eigenvalue weighted by molar-refractivity contribution is 7.80. The molecule has 20 heavy (non-hydrogen) atoms. The molecule has 0 radical (unpaired) electrons. The van der Waals surface area contributed by atoms with Gasteiger partial charge in [-0.15, -0.1) is 0 Å². The summed E-state index contributed by atoms with van der Waals surface area (Å²) >= 11 is 11.0. The molecule has 0 saturated heterocycles. The number of thiocarbonyl (C=S) groups is 1. The number of benzene rings is 2. The van der Waals surface area contributed by atoms with Crippen molar-refractivity contribution in [3.8, 4) is 0 Å². The van der Waals surface area contributed by atoms with Crippen LogP contribution in [-0.2, 0) is 0 Å². The number of hydrazone groups is 1. The van der Waals surface area contributed by atoms with E-state index in [0.29, 0.717) is 10.1 Å². The van der Waals surface area contributed by atoms with E-state index in [-0.39, 0.29) is 0 Å². The molecule has 0 aliphatic carbocycles. The molecule has 5 heteroatoms. The Kier molecular flexibility index (Phi) is 5.09. The number of nitrogens with one attached hydrogen (secondary N) is 2. The van der Waals surface area contributed by atoms with Crippen LogP contribution >= 0.6 is 23.8 Å². The Balaban J connectivity index is 1.91. The van der Waals surface area contributed by atoms with Gasteiger partial charge in [-0.3, -0.25) is 5.43 Å². The Labute approximate surface area is 128 Å². The quantitative estimate of drug-likeness (QED) is 0.512. The summed E-state index contributed by atoms with van der Waals surface area (Å²) in [6.07, 6.45) is 1.74. The molecule has 0 unspecified atom stereocenters. The molecular weight excluding hydrogens is 290 g/mol. The minimum Gasteiger partial charge on any atom is -0.331 e. The lowest BCUT2D eigenvalue weighted by Gasteiger charge is -2.07. The van der Waals surface area contributed by atoms with Crippen LogP contribution in [0.3, 0.4) is 0 Å². The number of halogens is 1. The first kappa shape index (κ1) is 14.5. The summed E-state index contributed by atoms with van der Waals surface area (Å²) in [4.78, 5) is 0. The molecule has 3 nitrogen and oxygen atoms in total. The van der Waals surface area contributed by atoms with Gasteiger partial charge < -0.3 is 5.32 Å². The molecule has 0 saturated carbocycles. The van der Waals surface area contributed by atoms with E-state index in [2.05, 4.69) is 15.8 Å². The summed E-state index contributed by atoms with van der Waals surface area (Å²) in [6, 6.07) is 15.3. The number of aryl methyl sites for hydroxylation is 1. The summed E-state index contributed by atoms with van der Waals surface area (Å²) in [5.74, 6) is 0. The molecule has 0 bridgehead atoms. The highest BCUT2D eigenvalue weighted by atomic mass is 35.5. The Bertz CT molecular complexity index is 641. The van der Waals surface area contributed by atoms with Crippen LogP contribution in [0.2, 0.25) is 5.02 Å². The monoisotopic (exact) mass is 303 g/mol. The molecular formula is C15H14ClN3S. The van der Waals surface area contributed by atoms with Crippen molar-refractivity contribution in [2.75, 3.05) is 5.32 Å². The van der Waals surface area contributed by atoms with Crippen molar-refractivity contribution in [2.45, 2.75) is 6.92 Å². The van der Waals surface area contributed by atoms with E-state index < -0.39 is 0 Å². The normalized spacial score (nSPS) is 10.5. The summed E-state index contributed by atoms with van der Waals surface area (Å²) in [7, 11) is 0. The second-order valence-corrected chi connectivity index (χ2v) is 5.04. The summed E-state index contributed by atoms with van der Waals surface area (Å²) in [6.45, 7) is 2.03. The maximum atomic E-state index is 5.90. The molecule has 2 rings (SSSR count). The molecule has 2 aromatic carbocycles. The number of hydrogen-bond donors (Lipinski definition) is 2. The second-order valence-electron chi connectivity index (χ2n) is 4.19. The van der Waals surface area contributed by atoms with E-state index in [1.165, 1.54) is 0 Å². The van der Waals surface area contributed by atoms with Crippen LogP contribution in [0.25, 0.3) is 0 Å². The largest absolute Gasteiger partial charge is 0.331 e. The SMILES string of the molecule is Cc1ccccc1/C=N/NC(=S)Nc1cccc(Cl)c1. The van der Waals surface area contributed by atoms with Crippen LogP contribution in [0.15, 0.2) is 53.6 Å². The van der Waals surface area contributed by atoms with Crippen molar-refractivity contribution in [3.05, 3.63) is 64.7 Å². The Morgan fingerprint density at radius 2 is 2.00 bits per heavy atom.